The zero-order valence-corrected chi connectivity index (χ0v) is 13.3. The molecular formula is C15H19N3O3S. The normalized spacial score (nSPS) is 19.4. The highest BCUT2D eigenvalue weighted by molar-refractivity contribution is 7.89. The molecule has 0 bridgehead atoms. The lowest BCUT2D eigenvalue weighted by Crippen LogP contribution is -2.44. The molecule has 1 heterocycles. The number of hydrogen-bond donors (Lipinski definition) is 1. The molecule has 2 rings (SSSR count). The third kappa shape index (κ3) is 3.84. The number of carbonyl (C=O) groups is 1. The molecule has 1 unspecified atom stereocenters. The number of anilines is 1. The van der Waals surface area contributed by atoms with Crippen molar-refractivity contribution >= 4 is 21.6 Å². The van der Waals surface area contributed by atoms with Crippen LogP contribution >= 0.6 is 0 Å². The smallest absolute Gasteiger partial charge is 0.228 e. The van der Waals surface area contributed by atoms with Crippen molar-refractivity contribution in [1.29, 1.82) is 5.26 Å². The zero-order chi connectivity index (χ0) is 16.2. The van der Waals surface area contributed by atoms with Crippen LogP contribution in [0.5, 0.6) is 0 Å². The average Bonchev–Trinajstić information content (AvgIpc) is 2.55. The van der Waals surface area contributed by atoms with Gasteiger partial charge in [0.2, 0.25) is 15.9 Å². The summed E-state index contributed by atoms with van der Waals surface area (Å²) < 4.78 is 25.2. The van der Waals surface area contributed by atoms with Crippen LogP contribution in [0.4, 0.5) is 5.69 Å². The second-order valence-corrected chi connectivity index (χ2v) is 7.53. The number of benzene rings is 1. The van der Waals surface area contributed by atoms with Gasteiger partial charge < -0.3 is 5.32 Å². The third-order valence-electron chi connectivity index (χ3n) is 3.79. The Morgan fingerprint density at radius 3 is 2.68 bits per heavy atom. The van der Waals surface area contributed by atoms with Crippen LogP contribution in [0.3, 0.4) is 0 Å². The highest BCUT2D eigenvalue weighted by atomic mass is 32.2. The highest BCUT2D eigenvalue weighted by Crippen LogP contribution is 2.21. The Balaban J connectivity index is 2.01. The number of nitrogens with zero attached hydrogens (tertiary/aromatic N) is 2. The summed E-state index contributed by atoms with van der Waals surface area (Å²) in [5.41, 5.74) is 1.13. The summed E-state index contributed by atoms with van der Waals surface area (Å²) in [4.78, 5) is 12.3. The predicted octanol–water partition coefficient (Wildman–Crippen LogP) is 1.56. The summed E-state index contributed by atoms with van der Waals surface area (Å²) in [6.45, 7) is 2.32. The van der Waals surface area contributed by atoms with E-state index in [1.807, 2.05) is 6.07 Å². The van der Waals surface area contributed by atoms with Crippen LogP contribution in [0.15, 0.2) is 24.3 Å². The van der Waals surface area contributed by atoms with Gasteiger partial charge in [-0.1, -0.05) is 0 Å². The number of carbonyl (C=O) groups excluding carboxylic acids is 1. The summed E-state index contributed by atoms with van der Waals surface area (Å²) in [5, 5.41) is 11.5. The molecule has 1 fully saturated rings. The van der Waals surface area contributed by atoms with Crippen molar-refractivity contribution in [2.45, 2.75) is 19.8 Å². The van der Waals surface area contributed by atoms with Crippen molar-refractivity contribution in [1.82, 2.24) is 4.31 Å². The molecule has 6 nitrogen and oxygen atoms in total. The summed E-state index contributed by atoms with van der Waals surface area (Å²) in [6.07, 6.45) is 1.36. The van der Waals surface area contributed by atoms with Gasteiger partial charge in [-0.05, 0) is 44.0 Å². The van der Waals surface area contributed by atoms with Crippen molar-refractivity contribution in [3.05, 3.63) is 29.8 Å². The fourth-order valence-corrected chi connectivity index (χ4v) is 3.64. The molecule has 1 saturated heterocycles. The lowest BCUT2D eigenvalue weighted by molar-refractivity contribution is -0.120. The average molecular weight is 321 g/mol. The summed E-state index contributed by atoms with van der Waals surface area (Å²) in [7, 11) is -3.25. The highest BCUT2D eigenvalue weighted by Gasteiger charge is 2.31. The maximum atomic E-state index is 12.3. The number of sulfonamides is 1. The first-order chi connectivity index (χ1) is 10.5. The first-order valence-electron chi connectivity index (χ1n) is 7.25. The van der Waals surface area contributed by atoms with Gasteiger partial charge in [-0.15, -0.1) is 0 Å². The quantitative estimate of drug-likeness (QED) is 0.911. The standard InChI is InChI=1S/C15H19N3O3S/c1-2-22(20,21)18-9-3-4-13(11-18)15(19)17-14-7-5-12(10-16)6-8-14/h5-8,13H,2-4,9,11H2,1H3,(H,17,19). The Morgan fingerprint density at radius 2 is 2.09 bits per heavy atom. The minimum Gasteiger partial charge on any atom is -0.326 e. The van der Waals surface area contributed by atoms with E-state index in [1.165, 1.54) is 4.31 Å². The van der Waals surface area contributed by atoms with Crippen LogP contribution in [-0.2, 0) is 14.8 Å². The second kappa shape index (κ2) is 6.90. The molecular weight excluding hydrogens is 302 g/mol. The molecule has 22 heavy (non-hydrogen) atoms. The van der Waals surface area contributed by atoms with E-state index in [9.17, 15) is 13.2 Å². The molecule has 0 aromatic heterocycles. The number of rotatable bonds is 4. The fourth-order valence-electron chi connectivity index (χ4n) is 2.46. The van der Waals surface area contributed by atoms with E-state index < -0.39 is 10.0 Å². The molecule has 7 heteroatoms. The molecule has 1 amide bonds. The molecule has 1 aliphatic heterocycles. The van der Waals surface area contributed by atoms with Gasteiger partial charge in [-0.3, -0.25) is 4.79 Å². The lowest BCUT2D eigenvalue weighted by Gasteiger charge is -2.30. The van der Waals surface area contributed by atoms with Crippen molar-refractivity contribution in [3.63, 3.8) is 0 Å². The maximum Gasteiger partial charge on any atom is 0.228 e. The van der Waals surface area contributed by atoms with Gasteiger partial charge in [0.05, 0.1) is 23.3 Å². The Kier molecular flexibility index (Phi) is 5.16. The van der Waals surface area contributed by atoms with Gasteiger partial charge in [0.25, 0.3) is 0 Å². The van der Waals surface area contributed by atoms with E-state index in [1.54, 1.807) is 31.2 Å². The van der Waals surface area contributed by atoms with Crippen LogP contribution in [0.2, 0.25) is 0 Å². The molecule has 0 radical (unpaired) electrons. The van der Waals surface area contributed by atoms with E-state index in [0.717, 1.165) is 0 Å². The van der Waals surface area contributed by atoms with Gasteiger partial charge in [0, 0.05) is 18.8 Å². The van der Waals surface area contributed by atoms with E-state index >= 15 is 0 Å². The largest absolute Gasteiger partial charge is 0.326 e. The van der Waals surface area contributed by atoms with Crippen molar-refractivity contribution in [2.24, 2.45) is 5.92 Å². The molecule has 1 atom stereocenters. The monoisotopic (exact) mass is 321 g/mol. The van der Waals surface area contributed by atoms with E-state index in [-0.39, 0.29) is 24.1 Å². The van der Waals surface area contributed by atoms with Crippen molar-refractivity contribution in [2.75, 3.05) is 24.2 Å². The van der Waals surface area contributed by atoms with E-state index in [0.29, 0.717) is 30.6 Å². The summed E-state index contributed by atoms with van der Waals surface area (Å²) in [5.74, 6) is -0.469. The van der Waals surface area contributed by atoms with Crippen LogP contribution in [-0.4, -0.2) is 37.5 Å². The van der Waals surface area contributed by atoms with Crippen molar-refractivity contribution < 1.29 is 13.2 Å². The fraction of sp³-hybridized carbons (Fsp3) is 0.467. The van der Waals surface area contributed by atoms with Crippen LogP contribution in [0.1, 0.15) is 25.3 Å². The minimum atomic E-state index is -3.25. The van der Waals surface area contributed by atoms with Gasteiger partial charge in [-0.2, -0.15) is 5.26 Å². The summed E-state index contributed by atoms with van der Waals surface area (Å²) >= 11 is 0. The molecule has 0 spiro atoms. The number of nitrogens with one attached hydrogen (secondary N) is 1. The van der Waals surface area contributed by atoms with Gasteiger partial charge >= 0.3 is 0 Å². The van der Waals surface area contributed by atoms with Gasteiger partial charge in [-0.25, -0.2) is 12.7 Å². The third-order valence-corrected chi connectivity index (χ3v) is 5.64. The SMILES string of the molecule is CCS(=O)(=O)N1CCCC(C(=O)Nc2ccc(C#N)cc2)C1. The molecule has 1 N–H and O–H groups in total. The number of amides is 1. The Bertz CT molecular complexity index is 677. The second-order valence-electron chi connectivity index (χ2n) is 5.28. The Morgan fingerprint density at radius 1 is 1.41 bits per heavy atom. The van der Waals surface area contributed by atoms with Crippen molar-refractivity contribution in [3.8, 4) is 6.07 Å². The summed E-state index contributed by atoms with van der Waals surface area (Å²) in [6, 6.07) is 8.61. The predicted molar refractivity (Wildman–Crippen MR) is 83.5 cm³/mol. The maximum absolute atomic E-state index is 12.3. The van der Waals surface area contributed by atoms with Crippen LogP contribution in [0.25, 0.3) is 0 Å². The van der Waals surface area contributed by atoms with E-state index in [2.05, 4.69) is 5.32 Å². The first kappa shape index (κ1) is 16.5. The molecule has 118 valence electrons. The lowest BCUT2D eigenvalue weighted by atomic mass is 9.98. The number of piperidine rings is 1. The first-order valence-corrected chi connectivity index (χ1v) is 8.86. The number of nitriles is 1. The minimum absolute atomic E-state index is 0.0525. The zero-order valence-electron chi connectivity index (χ0n) is 12.4. The topological polar surface area (TPSA) is 90.3 Å². The number of hydrogen-bond acceptors (Lipinski definition) is 4. The molecule has 1 aromatic rings. The Hall–Kier alpha value is -1.91. The van der Waals surface area contributed by atoms with E-state index in [4.69, 9.17) is 5.26 Å². The molecule has 1 aromatic carbocycles. The Labute approximate surface area is 130 Å². The van der Waals surface area contributed by atoms with Crippen LogP contribution in [0, 0.1) is 17.2 Å². The molecule has 1 aliphatic rings. The molecule has 0 aliphatic carbocycles. The molecule has 0 saturated carbocycles. The van der Waals surface area contributed by atoms with Gasteiger partial charge in [0.1, 0.15) is 0 Å². The van der Waals surface area contributed by atoms with Gasteiger partial charge in [0.15, 0.2) is 0 Å². The van der Waals surface area contributed by atoms with Crippen LogP contribution < -0.4 is 5.32 Å².